The average Bonchev–Trinajstić information content (AvgIpc) is 3.23. The molecule has 2 aromatic heterocycles. The van der Waals surface area contributed by atoms with E-state index in [1.165, 1.54) is 0 Å². The van der Waals surface area contributed by atoms with Gasteiger partial charge in [0.1, 0.15) is 35.1 Å². The van der Waals surface area contributed by atoms with E-state index in [4.69, 9.17) is 45.1 Å². The average molecular weight is 366 g/mol. The number of hydrogen-bond donors (Lipinski definition) is 2. The van der Waals surface area contributed by atoms with Crippen molar-refractivity contribution in [3.63, 3.8) is 0 Å². The van der Waals surface area contributed by atoms with Gasteiger partial charge in [0.05, 0.1) is 33.2 Å². The number of nitriles is 1. The van der Waals surface area contributed by atoms with Gasteiger partial charge in [0.2, 0.25) is 0 Å². The fourth-order valence-corrected chi connectivity index (χ4v) is 3.33. The zero-order valence-electron chi connectivity index (χ0n) is 14.1. The van der Waals surface area contributed by atoms with Crippen molar-refractivity contribution < 1.29 is 4.74 Å². The third kappa shape index (κ3) is 3.43. The molecule has 0 saturated heterocycles. The van der Waals surface area contributed by atoms with Gasteiger partial charge in [0.15, 0.2) is 0 Å². The number of H-pyrrole nitrogens is 2. The first-order valence-corrected chi connectivity index (χ1v) is 8.45. The van der Waals surface area contributed by atoms with Crippen LogP contribution in [0.1, 0.15) is 17.0 Å². The minimum Gasteiger partial charge on any atom is -0.515 e. The smallest absolute Gasteiger partial charge is 0.122 e. The van der Waals surface area contributed by atoms with Crippen LogP contribution in [0.25, 0.3) is 21.9 Å². The normalized spacial score (nSPS) is 11.7. The Hall–Kier alpha value is -2.78. The molecule has 0 saturated carbocycles. The second-order valence-corrected chi connectivity index (χ2v) is 6.67. The predicted molar refractivity (Wildman–Crippen MR) is 108 cm³/mol. The summed E-state index contributed by atoms with van der Waals surface area (Å²) in [5.41, 5.74) is 3.63. The van der Waals surface area contributed by atoms with Gasteiger partial charge in [-0.25, -0.2) is 4.98 Å². The Morgan fingerprint density at radius 1 is 1.22 bits per heavy atom. The second-order valence-electron chi connectivity index (χ2n) is 6.26. The summed E-state index contributed by atoms with van der Waals surface area (Å²) < 4.78 is 5.52. The van der Waals surface area contributed by atoms with Gasteiger partial charge in [-0.2, -0.15) is 5.26 Å². The maximum atomic E-state index is 9.05. The molecule has 0 aliphatic heterocycles. The monoisotopic (exact) mass is 366 g/mol. The molecule has 2 heterocycles. The topological polar surface area (TPSA) is 77.5 Å². The third-order valence-electron chi connectivity index (χ3n) is 4.16. The number of halogens is 1. The van der Waals surface area contributed by atoms with Crippen molar-refractivity contribution in [3.8, 4) is 11.8 Å². The lowest BCUT2D eigenvalue weighted by molar-refractivity contribution is 0.316. The van der Waals surface area contributed by atoms with E-state index in [2.05, 4.69) is 21.0 Å². The van der Waals surface area contributed by atoms with Crippen molar-refractivity contribution in [2.45, 2.75) is 11.7 Å². The zero-order valence-corrected chi connectivity index (χ0v) is 14.8. The van der Waals surface area contributed by atoms with Gasteiger partial charge in [-0.15, -0.1) is 0 Å². The Morgan fingerprint density at radius 3 is 2.78 bits per heavy atom. The zero-order chi connectivity index (χ0) is 19.2. The molecule has 0 amide bonds. The molecule has 2 N–H and O–H groups in total. The van der Waals surface area contributed by atoms with Crippen LogP contribution in [0.5, 0.6) is 5.75 Å². The minimum atomic E-state index is -1.85. The van der Waals surface area contributed by atoms with Crippen LogP contribution in [0.15, 0.2) is 36.5 Å². The Kier molecular flexibility index (Phi) is 4.20. The van der Waals surface area contributed by atoms with E-state index in [1.54, 1.807) is 30.5 Å². The summed E-state index contributed by atoms with van der Waals surface area (Å²) >= 11 is 6.32. The Labute approximate surface area is 164 Å². The van der Waals surface area contributed by atoms with Crippen molar-refractivity contribution in [2.75, 3.05) is 0 Å². The van der Waals surface area contributed by atoms with E-state index in [0.29, 0.717) is 28.6 Å². The van der Waals surface area contributed by atoms with Gasteiger partial charge in [-0.1, -0.05) is 11.6 Å². The first-order chi connectivity index (χ1) is 12.8. The quantitative estimate of drug-likeness (QED) is 0.545. The highest BCUT2D eigenvalue weighted by atomic mass is 35.5. The molecule has 0 spiro atoms. The lowest BCUT2D eigenvalue weighted by Gasteiger charge is -2.25. The number of aromatic amines is 2. The van der Waals surface area contributed by atoms with E-state index in [1.807, 2.05) is 6.07 Å². The molecule has 0 unspecified atom stereocenters. The van der Waals surface area contributed by atoms with Gasteiger partial charge in [0, 0.05) is 29.6 Å². The van der Waals surface area contributed by atoms with Crippen molar-refractivity contribution in [3.05, 3.63) is 58.5 Å². The summed E-state index contributed by atoms with van der Waals surface area (Å²) in [6.07, 6.45) is 2.18. The second kappa shape index (κ2) is 6.43. The summed E-state index contributed by atoms with van der Waals surface area (Å²) in [5.74, 6) is 1.06. The largest absolute Gasteiger partial charge is 0.515 e. The third-order valence-corrected chi connectivity index (χ3v) is 4.46. The highest BCUT2D eigenvalue weighted by Crippen LogP contribution is 2.36. The van der Waals surface area contributed by atoms with Crippen LogP contribution in [0.3, 0.4) is 0 Å². The number of nitrogens with one attached hydrogen (secondary N) is 2. The first kappa shape index (κ1) is 17.6. The van der Waals surface area contributed by atoms with Gasteiger partial charge in [-0.05, 0) is 29.6 Å². The Bertz CT molecular complexity index is 1200. The number of nitrogens with zero attached hydrogens (tertiary/aromatic N) is 2. The molecule has 0 aliphatic rings. The van der Waals surface area contributed by atoms with Crippen molar-refractivity contribution in [1.29, 1.82) is 5.26 Å². The maximum absolute atomic E-state index is 9.05. The lowest BCUT2D eigenvalue weighted by Crippen LogP contribution is -2.37. The molecule has 4 rings (SSSR count). The summed E-state index contributed by atoms with van der Waals surface area (Å²) in [7, 11) is 16.9. The first-order valence-electron chi connectivity index (χ1n) is 8.07. The van der Waals surface area contributed by atoms with Crippen molar-refractivity contribution in [1.82, 2.24) is 15.0 Å². The Balaban J connectivity index is 1.83. The fraction of sp³-hybridized carbons (Fsp3) is 0.111. The van der Waals surface area contributed by atoms with Crippen LogP contribution < -0.4 is 4.74 Å². The number of hydrogen-bond acceptors (Lipinski definition) is 3. The molecule has 4 aromatic rings. The lowest BCUT2D eigenvalue weighted by atomic mass is 9.52. The van der Waals surface area contributed by atoms with E-state index in [-0.39, 0.29) is 0 Å². The van der Waals surface area contributed by atoms with Crippen LogP contribution in [-0.2, 0) is 6.42 Å². The van der Waals surface area contributed by atoms with Crippen LogP contribution in [-0.4, -0.2) is 43.8 Å². The summed E-state index contributed by atoms with van der Waals surface area (Å²) in [6, 6.07) is 10.9. The van der Waals surface area contributed by atoms with E-state index >= 15 is 0 Å². The summed E-state index contributed by atoms with van der Waals surface area (Å²) in [6.45, 7) is 0. The Morgan fingerprint density at radius 2 is 2.04 bits per heavy atom. The minimum absolute atomic E-state index is 0.373. The number of aromatic nitrogens is 3. The maximum Gasteiger partial charge on any atom is 0.122 e. The predicted octanol–water partition coefficient (Wildman–Crippen LogP) is 2.66. The van der Waals surface area contributed by atoms with E-state index in [9.17, 15) is 0 Å². The molecule has 0 fully saturated rings. The van der Waals surface area contributed by atoms with Gasteiger partial charge >= 0.3 is 0 Å². The molecule has 6 radical (unpaired) electrons. The number of fused-ring (bicyclic) bond motifs is 2. The fourth-order valence-electron chi connectivity index (χ4n) is 3.07. The number of ether oxygens (including phenoxy) is 1. The van der Waals surface area contributed by atoms with Gasteiger partial charge < -0.3 is 14.7 Å². The summed E-state index contributed by atoms with van der Waals surface area (Å²) in [4.78, 5) is 10.9. The molecule has 0 atom stereocenters. The van der Waals surface area contributed by atoms with Crippen LogP contribution >= 0.6 is 11.6 Å². The van der Waals surface area contributed by atoms with Gasteiger partial charge in [-0.3, -0.25) is 0 Å². The van der Waals surface area contributed by atoms with Gasteiger partial charge in [0.25, 0.3) is 0 Å². The molecule has 0 aliphatic carbocycles. The van der Waals surface area contributed by atoms with Crippen molar-refractivity contribution in [2.24, 2.45) is 0 Å². The molecule has 124 valence electrons. The van der Waals surface area contributed by atoms with Crippen LogP contribution in [0.4, 0.5) is 0 Å². The molecule has 2 aromatic carbocycles. The number of rotatable bonds is 4. The number of imidazole rings is 1. The van der Waals surface area contributed by atoms with Crippen molar-refractivity contribution >= 4 is 57.1 Å². The SMILES string of the molecule is [B]C([B])([B])Oc1cc(Cl)c2[nH]ccc2c1Cc1nc2ccc(C#N)cc2[nH]1. The molecule has 5 nitrogen and oxygen atoms in total. The number of benzene rings is 2. The highest BCUT2D eigenvalue weighted by Gasteiger charge is 2.19. The molecule has 27 heavy (non-hydrogen) atoms. The van der Waals surface area contributed by atoms with Crippen LogP contribution in [0.2, 0.25) is 5.02 Å². The standard InChI is InChI=1S/C18H10B3ClN4O/c19-18(20,21)27-15-7-12(22)17-10(3-4-24-17)11(15)6-16-25-13-2-1-9(8-23)5-14(13)26-16/h1-5,7,24H,6H2,(H,25,26). The van der Waals surface area contributed by atoms with E-state index < -0.39 is 5.30 Å². The molecular formula is C18H10B3ClN4O. The molecule has 0 bridgehead atoms. The molecule has 9 heteroatoms. The molecular weight excluding hydrogens is 356 g/mol. The van der Waals surface area contributed by atoms with E-state index in [0.717, 1.165) is 27.5 Å². The highest BCUT2D eigenvalue weighted by molar-refractivity contribution is 6.58. The van der Waals surface area contributed by atoms with Crippen LogP contribution in [0, 0.1) is 11.3 Å². The summed E-state index contributed by atoms with van der Waals surface area (Å²) in [5, 5.41) is 8.51.